The van der Waals surface area contributed by atoms with E-state index in [-0.39, 0.29) is 6.10 Å². The minimum atomic E-state index is 0.279. The first-order valence-electron chi connectivity index (χ1n) is 6.09. The molecule has 100 valence electrons. The van der Waals surface area contributed by atoms with Crippen LogP contribution in [0.2, 0.25) is 0 Å². The van der Waals surface area contributed by atoms with Crippen LogP contribution in [0.15, 0.2) is 4.99 Å². The highest BCUT2D eigenvalue weighted by molar-refractivity contribution is 5.79. The first-order chi connectivity index (χ1) is 8.31. The number of aliphatic imine (C=N–C) groups is 1. The van der Waals surface area contributed by atoms with Gasteiger partial charge in [-0.2, -0.15) is 0 Å². The summed E-state index contributed by atoms with van der Waals surface area (Å²) in [6.45, 7) is 3.28. The fourth-order valence-electron chi connectivity index (χ4n) is 1.95. The number of nitrogens with two attached hydrogens (primary N) is 1. The quantitative estimate of drug-likeness (QED) is 0.233. The average Bonchev–Trinajstić information content (AvgIpc) is 2.39. The highest BCUT2D eigenvalue weighted by Crippen LogP contribution is 2.12. The van der Waals surface area contributed by atoms with Crippen LogP contribution in [0.3, 0.4) is 0 Å². The average molecular weight is 244 g/mol. The summed E-state index contributed by atoms with van der Waals surface area (Å²) in [7, 11) is 3.44. The lowest BCUT2D eigenvalue weighted by Crippen LogP contribution is -2.50. The van der Waals surface area contributed by atoms with Crippen LogP contribution in [0, 0.1) is 0 Å². The second-order valence-corrected chi connectivity index (χ2v) is 4.14. The molecule has 1 atom stereocenters. The van der Waals surface area contributed by atoms with E-state index in [2.05, 4.69) is 15.3 Å². The van der Waals surface area contributed by atoms with Gasteiger partial charge in [-0.15, -0.1) is 0 Å². The summed E-state index contributed by atoms with van der Waals surface area (Å²) in [5.41, 5.74) is 2.67. The third-order valence-corrected chi connectivity index (χ3v) is 2.91. The molecule has 1 rings (SSSR count). The maximum atomic E-state index is 5.51. The van der Waals surface area contributed by atoms with Crippen molar-refractivity contribution in [1.82, 2.24) is 10.3 Å². The number of piperidine rings is 1. The summed E-state index contributed by atoms with van der Waals surface area (Å²) in [6, 6.07) is 0. The molecule has 0 radical (unpaired) electrons. The van der Waals surface area contributed by atoms with Crippen molar-refractivity contribution in [1.29, 1.82) is 0 Å². The summed E-state index contributed by atoms with van der Waals surface area (Å²) < 4.78 is 10.4. The van der Waals surface area contributed by atoms with Crippen LogP contribution in [0.4, 0.5) is 0 Å². The smallest absolute Gasteiger partial charge is 0.208 e. The number of guanidine groups is 1. The van der Waals surface area contributed by atoms with Crippen LogP contribution >= 0.6 is 0 Å². The molecule has 1 saturated heterocycles. The predicted octanol–water partition coefficient (Wildman–Crippen LogP) is -0.0470. The van der Waals surface area contributed by atoms with Crippen molar-refractivity contribution in [3.8, 4) is 0 Å². The maximum Gasteiger partial charge on any atom is 0.208 e. The standard InChI is InChI=1S/C11H24N4O2/c1-16-8-4-6-13-11(14-12)15-7-3-5-10(9-15)17-2/h10H,3-9,12H2,1-2H3,(H,13,14). The molecule has 0 spiro atoms. The van der Waals surface area contributed by atoms with Crippen molar-refractivity contribution in [3.05, 3.63) is 0 Å². The number of methoxy groups -OCH3 is 2. The van der Waals surface area contributed by atoms with E-state index in [1.54, 1.807) is 14.2 Å². The normalized spacial score (nSPS) is 21.7. The number of nitrogens with one attached hydrogen (secondary N) is 1. The Morgan fingerprint density at radius 2 is 2.35 bits per heavy atom. The number of ether oxygens (including phenoxy) is 2. The fraction of sp³-hybridized carbons (Fsp3) is 0.909. The second kappa shape index (κ2) is 8.27. The van der Waals surface area contributed by atoms with Gasteiger partial charge < -0.3 is 14.4 Å². The van der Waals surface area contributed by atoms with Crippen LogP contribution in [-0.2, 0) is 9.47 Å². The van der Waals surface area contributed by atoms with E-state index in [0.717, 1.165) is 51.5 Å². The number of hydrogen-bond acceptors (Lipinski definition) is 4. The molecule has 1 fully saturated rings. The van der Waals surface area contributed by atoms with Crippen molar-refractivity contribution < 1.29 is 9.47 Å². The first kappa shape index (κ1) is 14.2. The van der Waals surface area contributed by atoms with E-state index < -0.39 is 0 Å². The lowest BCUT2D eigenvalue weighted by Gasteiger charge is -2.33. The van der Waals surface area contributed by atoms with Crippen molar-refractivity contribution >= 4 is 5.96 Å². The van der Waals surface area contributed by atoms with Gasteiger partial charge in [0.15, 0.2) is 0 Å². The zero-order valence-electron chi connectivity index (χ0n) is 10.8. The van der Waals surface area contributed by atoms with Gasteiger partial charge in [0, 0.05) is 40.5 Å². The molecule has 1 aliphatic rings. The summed E-state index contributed by atoms with van der Waals surface area (Å²) in [5.74, 6) is 6.26. The third-order valence-electron chi connectivity index (χ3n) is 2.91. The molecule has 0 bridgehead atoms. The SMILES string of the molecule is COCCCN=C(NN)N1CCCC(OC)C1. The van der Waals surface area contributed by atoms with Gasteiger partial charge in [0.05, 0.1) is 6.10 Å². The molecule has 6 nitrogen and oxygen atoms in total. The fourth-order valence-corrected chi connectivity index (χ4v) is 1.95. The molecule has 0 aromatic heterocycles. The monoisotopic (exact) mass is 244 g/mol. The number of nitrogens with zero attached hydrogens (tertiary/aromatic N) is 2. The zero-order valence-corrected chi connectivity index (χ0v) is 10.8. The molecule has 1 heterocycles. The molecule has 3 N–H and O–H groups in total. The minimum absolute atomic E-state index is 0.279. The highest BCUT2D eigenvalue weighted by Gasteiger charge is 2.21. The van der Waals surface area contributed by atoms with Crippen LogP contribution in [0.1, 0.15) is 19.3 Å². The predicted molar refractivity (Wildman–Crippen MR) is 67.7 cm³/mol. The molecule has 6 heteroatoms. The molecule has 1 unspecified atom stereocenters. The summed E-state index contributed by atoms with van der Waals surface area (Å²) in [5, 5.41) is 0. The number of hydrazine groups is 1. The minimum Gasteiger partial charge on any atom is -0.385 e. The molecule has 0 aromatic carbocycles. The van der Waals surface area contributed by atoms with Gasteiger partial charge in [0.1, 0.15) is 0 Å². The lowest BCUT2D eigenvalue weighted by atomic mass is 10.1. The lowest BCUT2D eigenvalue weighted by molar-refractivity contribution is 0.0525. The Bertz CT molecular complexity index is 236. The Kier molecular flexibility index (Phi) is 6.91. The first-order valence-corrected chi connectivity index (χ1v) is 6.09. The van der Waals surface area contributed by atoms with Gasteiger partial charge >= 0.3 is 0 Å². The van der Waals surface area contributed by atoms with E-state index in [0.29, 0.717) is 0 Å². The van der Waals surface area contributed by atoms with Crippen molar-refractivity contribution in [3.63, 3.8) is 0 Å². The highest BCUT2D eigenvalue weighted by atomic mass is 16.5. The summed E-state index contributed by atoms with van der Waals surface area (Å²) in [6.07, 6.45) is 3.40. The topological polar surface area (TPSA) is 72.1 Å². The van der Waals surface area contributed by atoms with Crippen LogP contribution in [0.5, 0.6) is 0 Å². The van der Waals surface area contributed by atoms with E-state index in [1.165, 1.54) is 0 Å². The Morgan fingerprint density at radius 1 is 1.53 bits per heavy atom. The summed E-state index contributed by atoms with van der Waals surface area (Å²) >= 11 is 0. The Hall–Kier alpha value is -0.850. The zero-order chi connectivity index (χ0) is 12.5. The Morgan fingerprint density at radius 3 is 3.00 bits per heavy atom. The Balaban J connectivity index is 2.42. The molecule has 0 aliphatic carbocycles. The third kappa shape index (κ3) is 4.89. The van der Waals surface area contributed by atoms with Gasteiger partial charge in [-0.3, -0.25) is 10.4 Å². The number of rotatable bonds is 5. The molecule has 0 saturated carbocycles. The molecule has 17 heavy (non-hydrogen) atoms. The molecule has 0 aromatic rings. The van der Waals surface area contributed by atoms with Gasteiger partial charge in [-0.25, -0.2) is 5.84 Å². The van der Waals surface area contributed by atoms with Crippen LogP contribution in [0.25, 0.3) is 0 Å². The molecular formula is C11H24N4O2. The largest absolute Gasteiger partial charge is 0.385 e. The van der Waals surface area contributed by atoms with Gasteiger partial charge in [0.25, 0.3) is 0 Å². The second-order valence-electron chi connectivity index (χ2n) is 4.14. The molecule has 1 aliphatic heterocycles. The summed E-state index contributed by atoms with van der Waals surface area (Å²) in [4.78, 5) is 6.59. The molecule has 0 amide bonds. The van der Waals surface area contributed by atoms with Crippen molar-refractivity contribution in [2.24, 2.45) is 10.8 Å². The van der Waals surface area contributed by atoms with E-state index >= 15 is 0 Å². The van der Waals surface area contributed by atoms with Gasteiger partial charge in [0.2, 0.25) is 5.96 Å². The number of likely N-dealkylation sites (tertiary alicyclic amines) is 1. The van der Waals surface area contributed by atoms with Gasteiger partial charge in [-0.05, 0) is 19.3 Å². The van der Waals surface area contributed by atoms with Crippen molar-refractivity contribution in [2.45, 2.75) is 25.4 Å². The number of hydrogen-bond donors (Lipinski definition) is 2. The van der Waals surface area contributed by atoms with Crippen LogP contribution < -0.4 is 11.3 Å². The van der Waals surface area contributed by atoms with E-state index in [4.69, 9.17) is 15.3 Å². The maximum absolute atomic E-state index is 5.51. The van der Waals surface area contributed by atoms with Gasteiger partial charge in [-0.1, -0.05) is 0 Å². The van der Waals surface area contributed by atoms with Crippen LogP contribution in [-0.4, -0.2) is 57.4 Å². The van der Waals surface area contributed by atoms with E-state index in [1.807, 2.05) is 0 Å². The Labute approximate surface area is 103 Å². The van der Waals surface area contributed by atoms with E-state index in [9.17, 15) is 0 Å². The molecular weight excluding hydrogens is 220 g/mol. The van der Waals surface area contributed by atoms with Crippen molar-refractivity contribution in [2.75, 3.05) is 40.5 Å².